The van der Waals surface area contributed by atoms with Crippen LogP contribution in [0.3, 0.4) is 0 Å². The number of benzene rings is 1. The zero-order valence-corrected chi connectivity index (χ0v) is 9.51. The predicted molar refractivity (Wildman–Crippen MR) is 60.4 cm³/mol. The summed E-state index contributed by atoms with van der Waals surface area (Å²) in [5, 5.41) is 8.48. The molecule has 0 aliphatic rings. The Hall–Kier alpha value is -1.88. The lowest BCUT2D eigenvalue weighted by atomic mass is 10.1. The van der Waals surface area contributed by atoms with E-state index in [0.29, 0.717) is 24.5 Å². The van der Waals surface area contributed by atoms with Gasteiger partial charge < -0.3 is 14.6 Å². The maximum Gasteiger partial charge on any atom is 0.311 e. The lowest BCUT2D eigenvalue weighted by Gasteiger charge is -2.05. The Kier molecular flexibility index (Phi) is 5.16. The number of carboxylic acid groups (broad SMARTS) is 1. The molecule has 0 heterocycles. The molecule has 0 amide bonds. The number of ether oxygens (including phenoxy) is 2. The Morgan fingerprint density at radius 3 is 2.35 bits per heavy atom. The standard InChI is InChI=1S/C12H14O5/c1-16-6-7-17-10-4-2-9(3-5-10)11(13)8-12(14)15/h2-5H,6-8H2,1H3,(H,14,15). The summed E-state index contributed by atoms with van der Waals surface area (Å²) in [6.45, 7) is 0.915. The van der Waals surface area contributed by atoms with Crippen molar-refractivity contribution in [2.24, 2.45) is 0 Å². The van der Waals surface area contributed by atoms with Crippen LogP contribution in [0, 0.1) is 0 Å². The first-order valence-corrected chi connectivity index (χ1v) is 5.10. The van der Waals surface area contributed by atoms with Gasteiger partial charge in [-0.1, -0.05) is 0 Å². The summed E-state index contributed by atoms with van der Waals surface area (Å²) in [5.41, 5.74) is 0.367. The fourth-order valence-electron chi connectivity index (χ4n) is 1.22. The normalized spacial score (nSPS) is 9.94. The average molecular weight is 238 g/mol. The molecule has 0 bridgehead atoms. The van der Waals surface area contributed by atoms with Gasteiger partial charge in [-0.05, 0) is 24.3 Å². The monoisotopic (exact) mass is 238 g/mol. The van der Waals surface area contributed by atoms with Crippen molar-refractivity contribution in [3.63, 3.8) is 0 Å². The quantitative estimate of drug-likeness (QED) is 0.441. The third-order valence-electron chi connectivity index (χ3n) is 2.04. The van der Waals surface area contributed by atoms with Crippen LogP contribution >= 0.6 is 0 Å². The van der Waals surface area contributed by atoms with Crippen LogP contribution in [0.1, 0.15) is 16.8 Å². The maximum absolute atomic E-state index is 11.4. The molecule has 17 heavy (non-hydrogen) atoms. The van der Waals surface area contributed by atoms with Gasteiger partial charge in [0.05, 0.1) is 6.61 Å². The number of carbonyl (C=O) groups is 2. The van der Waals surface area contributed by atoms with Crippen molar-refractivity contribution in [1.82, 2.24) is 0 Å². The first kappa shape index (κ1) is 13.2. The minimum Gasteiger partial charge on any atom is -0.491 e. The van der Waals surface area contributed by atoms with Crippen LogP contribution < -0.4 is 4.74 Å². The summed E-state index contributed by atoms with van der Waals surface area (Å²) in [7, 11) is 1.58. The van der Waals surface area contributed by atoms with Gasteiger partial charge in [-0.15, -0.1) is 0 Å². The molecule has 1 aromatic carbocycles. The summed E-state index contributed by atoms with van der Waals surface area (Å²) in [6, 6.07) is 6.36. The predicted octanol–water partition coefficient (Wildman–Crippen LogP) is 1.37. The number of ketones is 1. The highest BCUT2D eigenvalue weighted by molar-refractivity contribution is 6.05. The molecular formula is C12H14O5. The topological polar surface area (TPSA) is 72.8 Å². The summed E-state index contributed by atoms with van der Waals surface area (Å²) in [6.07, 6.45) is -0.496. The van der Waals surface area contributed by atoms with Crippen LogP contribution in [-0.4, -0.2) is 37.2 Å². The lowest BCUT2D eigenvalue weighted by Crippen LogP contribution is -2.07. The van der Waals surface area contributed by atoms with E-state index in [9.17, 15) is 9.59 Å². The summed E-state index contributed by atoms with van der Waals surface area (Å²) >= 11 is 0. The summed E-state index contributed by atoms with van der Waals surface area (Å²) in [5.74, 6) is -0.926. The smallest absolute Gasteiger partial charge is 0.311 e. The second-order valence-corrected chi connectivity index (χ2v) is 3.36. The zero-order chi connectivity index (χ0) is 12.7. The third kappa shape index (κ3) is 4.65. The molecule has 0 aliphatic carbocycles. The van der Waals surface area contributed by atoms with Crippen LogP contribution in [0.25, 0.3) is 0 Å². The largest absolute Gasteiger partial charge is 0.491 e. The van der Waals surface area contributed by atoms with Gasteiger partial charge in [0.2, 0.25) is 0 Å². The average Bonchev–Trinajstić information content (AvgIpc) is 2.29. The van der Waals surface area contributed by atoms with Crippen LogP contribution in [0.5, 0.6) is 5.75 Å². The Labute approximate surface area is 99.0 Å². The minimum absolute atomic E-state index is 0.367. The highest BCUT2D eigenvalue weighted by Crippen LogP contribution is 2.13. The molecule has 0 aromatic heterocycles. The number of carboxylic acids is 1. The van der Waals surface area contributed by atoms with E-state index < -0.39 is 18.2 Å². The van der Waals surface area contributed by atoms with E-state index in [0.717, 1.165) is 0 Å². The number of rotatable bonds is 7. The van der Waals surface area contributed by atoms with E-state index >= 15 is 0 Å². The maximum atomic E-state index is 11.4. The molecule has 5 heteroatoms. The van der Waals surface area contributed by atoms with Gasteiger partial charge in [-0.2, -0.15) is 0 Å². The SMILES string of the molecule is COCCOc1ccc(C(=O)CC(=O)O)cc1. The van der Waals surface area contributed by atoms with Crippen LogP contribution in [0.4, 0.5) is 0 Å². The molecule has 5 nitrogen and oxygen atoms in total. The Morgan fingerprint density at radius 2 is 1.82 bits per heavy atom. The van der Waals surface area contributed by atoms with Gasteiger partial charge in [-0.25, -0.2) is 0 Å². The van der Waals surface area contributed by atoms with Crippen molar-refractivity contribution in [1.29, 1.82) is 0 Å². The van der Waals surface area contributed by atoms with Crippen LogP contribution in [-0.2, 0) is 9.53 Å². The molecule has 0 saturated carbocycles. The first-order valence-electron chi connectivity index (χ1n) is 5.10. The van der Waals surface area contributed by atoms with Crippen molar-refractivity contribution in [2.75, 3.05) is 20.3 Å². The molecule has 1 rings (SSSR count). The molecule has 0 spiro atoms. The molecule has 0 fully saturated rings. The van der Waals surface area contributed by atoms with Gasteiger partial charge in [-0.3, -0.25) is 9.59 Å². The number of Topliss-reactive ketones (excluding diaryl/α,β-unsaturated/α-hetero) is 1. The summed E-state index contributed by atoms with van der Waals surface area (Å²) < 4.78 is 10.1. The van der Waals surface area contributed by atoms with Crippen molar-refractivity contribution in [3.05, 3.63) is 29.8 Å². The Balaban J connectivity index is 2.55. The van der Waals surface area contributed by atoms with E-state index in [1.165, 1.54) is 0 Å². The van der Waals surface area contributed by atoms with Crippen molar-refractivity contribution < 1.29 is 24.2 Å². The highest BCUT2D eigenvalue weighted by Gasteiger charge is 2.10. The molecular weight excluding hydrogens is 224 g/mol. The molecule has 1 N–H and O–H groups in total. The van der Waals surface area contributed by atoms with Gasteiger partial charge in [0.25, 0.3) is 0 Å². The van der Waals surface area contributed by atoms with Gasteiger partial charge in [0.1, 0.15) is 18.8 Å². The highest BCUT2D eigenvalue weighted by atomic mass is 16.5. The van der Waals surface area contributed by atoms with Crippen molar-refractivity contribution >= 4 is 11.8 Å². The Bertz CT molecular complexity index is 382. The van der Waals surface area contributed by atoms with Gasteiger partial charge >= 0.3 is 5.97 Å². The van der Waals surface area contributed by atoms with E-state index in [1.54, 1.807) is 31.4 Å². The summed E-state index contributed by atoms with van der Waals surface area (Å²) in [4.78, 5) is 21.8. The molecule has 0 atom stereocenters. The zero-order valence-electron chi connectivity index (χ0n) is 9.51. The number of carbonyl (C=O) groups excluding carboxylic acids is 1. The second-order valence-electron chi connectivity index (χ2n) is 3.36. The third-order valence-corrected chi connectivity index (χ3v) is 2.04. The fourth-order valence-corrected chi connectivity index (χ4v) is 1.22. The van der Waals surface area contributed by atoms with Gasteiger partial charge in [0, 0.05) is 12.7 Å². The lowest BCUT2D eigenvalue weighted by molar-refractivity contribution is -0.135. The fraction of sp³-hybridized carbons (Fsp3) is 0.333. The molecule has 0 unspecified atom stereocenters. The van der Waals surface area contributed by atoms with Crippen molar-refractivity contribution in [3.8, 4) is 5.75 Å². The molecule has 0 radical (unpaired) electrons. The minimum atomic E-state index is -1.13. The van der Waals surface area contributed by atoms with Crippen LogP contribution in [0.15, 0.2) is 24.3 Å². The number of hydrogen-bond donors (Lipinski definition) is 1. The van der Waals surface area contributed by atoms with E-state index in [2.05, 4.69) is 0 Å². The molecule has 0 saturated heterocycles. The molecule has 92 valence electrons. The van der Waals surface area contributed by atoms with Crippen LogP contribution in [0.2, 0.25) is 0 Å². The van der Waals surface area contributed by atoms with Gasteiger partial charge in [0.15, 0.2) is 5.78 Å². The first-order chi connectivity index (χ1) is 8.13. The Morgan fingerprint density at radius 1 is 1.18 bits per heavy atom. The number of aliphatic carboxylic acids is 1. The van der Waals surface area contributed by atoms with E-state index in [1.807, 2.05) is 0 Å². The van der Waals surface area contributed by atoms with E-state index in [-0.39, 0.29) is 0 Å². The second kappa shape index (κ2) is 6.65. The molecule has 1 aromatic rings. The van der Waals surface area contributed by atoms with Crippen molar-refractivity contribution in [2.45, 2.75) is 6.42 Å². The van der Waals surface area contributed by atoms with E-state index in [4.69, 9.17) is 14.6 Å². The number of methoxy groups -OCH3 is 1. The number of hydrogen-bond acceptors (Lipinski definition) is 4. The molecule has 0 aliphatic heterocycles.